The fourth-order valence-electron chi connectivity index (χ4n) is 0.833. The van der Waals surface area contributed by atoms with Gasteiger partial charge in [-0.1, -0.05) is 24.3 Å². The molecule has 0 aromatic rings. The average Bonchev–Trinajstić information content (AvgIpc) is 2.26. The normalized spacial score (nSPS) is 11.9. The number of allylic oxidation sites excluding steroid dienone is 2. The maximum absolute atomic E-state index is 5.30. The van der Waals surface area contributed by atoms with Crippen molar-refractivity contribution in [2.75, 3.05) is 39.6 Å². The van der Waals surface area contributed by atoms with E-state index in [9.17, 15) is 0 Å². The molecule has 0 atom stereocenters. The number of hydrogen-bond donors (Lipinski definition) is 0. The van der Waals surface area contributed by atoms with Gasteiger partial charge in [-0.2, -0.15) is 0 Å². The van der Waals surface area contributed by atoms with Crippen LogP contribution in [0.15, 0.2) is 24.3 Å². The third kappa shape index (κ3) is 13.4. The highest BCUT2D eigenvalue weighted by Gasteiger charge is 1.88. The first kappa shape index (κ1) is 14.4. The fourth-order valence-corrected chi connectivity index (χ4v) is 0.833. The molecule has 0 amide bonds. The first-order valence-corrected chi connectivity index (χ1v) is 5.37. The average molecular weight is 214 g/mol. The summed E-state index contributed by atoms with van der Waals surface area (Å²) in [6.45, 7) is 7.81. The van der Waals surface area contributed by atoms with E-state index in [1.54, 1.807) is 0 Å². The lowest BCUT2D eigenvalue weighted by molar-refractivity contribution is 0.0252. The molecule has 0 N–H and O–H groups in total. The Kier molecular flexibility index (Phi) is 12.8. The van der Waals surface area contributed by atoms with Crippen LogP contribution in [0.5, 0.6) is 0 Å². The molecule has 3 heteroatoms. The van der Waals surface area contributed by atoms with Crippen molar-refractivity contribution in [3.05, 3.63) is 24.3 Å². The van der Waals surface area contributed by atoms with Crippen LogP contribution in [0.2, 0.25) is 0 Å². The molecule has 0 fully saturated rings. The zero-order valence-electron chi connectivity index (χ0n) is 9.78. The van der Waals surface area contributed by atoms with E-state index < -0.39 is 0 Å². The molecule has 15 heavy (non-hydrogen) atoms. The molecule has 0 aliphatic heterocycles. The monoisotopic (exact) mass is 214 g/mol. The molecule has 0 aromatic carbocycles. The van der Waals surface area contributed by atoms with Crippen LogP contribution in [-0.4, -0.2) is 39.6 Å². The van der Waals surface area contributed by atoms with Gasteiger partial charge in [0, 0.05) is 0 Å². The third-order valence-electron chi connectivity index (χ3n) is 1.64. The fraction of sp³-hybridized carbons (Fsp3) is 0.667. The van der Waals surface area contributed by atoms with Crippen LogP contribution in [-0.2, 0) is 14.2 Å². The molecule has 0 aliphatic rings. The quantitative estimate of drug-likeness (QED) is 0.412. The Labute approximate surface area is 92.7 Å². The molecular weight excluding hydrogens is 192 g/mol. The van der Waals surface area contributed by atoms with Crippen molar-refractivity contribution in [1.82, 2.24) is 0 Å². The second-order valence-electron chi connectivity index (χ2n) is 2.90. The molecule has 88 valence electrons. The van der Waals surface area contributed by atoms with Crippen molar-refractivity contribution >= 4 is 0 Å². The lowest BCUT2D eigenvalue weighted by Crippen LogP contribution is -2.09. The molecule has 3 nitrogen and oxygen atoms in total. The molecule has 0 aliphatic carbocycles. The molecule has 0 saturated heterocycles. The summed E-state index contributed by atoms with van der Waals surface area (Å²) in [6.07, 6.45) is 7.88. The van der Waals surface area contributed by atoms with Crippen LogP contribution in [0.1, 0.15) is 13.8 Å². The molecule has 0 aromatic heterocycles. The maximum Gasteiger partial charge on any atom is 0.0704 e. The first-order chi connectivity index (χ1) is 7.41. The van der Waals surface area contributed by atoms with E-state index in [1.807, 2.05) is 38.2 Å². The van der Waals surface area contributed by atoms with Crippen LogP contribution >= 0.6 is 0 Å². The van der Waals surface area contributed by atoms with Gasteiger partial charge in [0.05, 0.1) is 39.6 Å². The van der Waals surface area contributed by atoms with Gasteiger partial charge in [-0.05, 0) is 13.8 Å². The van der Waals surface area contributed by atoms with E-state index >= 15 is 0 Å². The molecule has 0 spiro atoms. The molecule has 0 unspecified atom stereocenters. The standard InChI is InChI=1S/C12H22O3/c1-3-5-7-13-9-11-15-12-10-14-8-6-4-2/h3-6H,7-12H2,1-2H3. The van der Waals surface area contributed by atoms with Crippen molar-refractivity contribution in [2.24, 2.45) is 0 Å². The van der Waals surface area contributed by atoms with E-state index in [-0.39, 0.29) is 0 Å². The van der Waals surface area contributed by atoms with E-state index in [4.69, 9.17) is 14.2 Å². The largest absolute Gasteiger partial charge is 0.377 e. The second-order valence-corrected chi connectivity index (χ2v) is 2.90. The van der Waals surface area contributed by atoms with E-state index in [1.165, 1.54) is 0 Å². The summed E-state index contributed by atoms with van der Waals surface area (Å²) >= 11 is 0. The minimum Gasteiger partial charge on any atom is -0.377 e. The summed E-state index contributed by atoms with van der Waals surface area (Å²) in [5.74, 6) is 0. The molecule has 0 rings (SSSR count). The Morgan fingerprint density at radius 2 is 1.07 bits per heavy atom. The van der Waals surface area contributed by atoms with Crippen molar-refractivity contribution in [2.45, 2.75) is 13.8 Å². The van der Waals surface area contributed by atoms with E-state index in [0.717, 1.165) is 0 Å². The second kappa shape index (κ2) is 13.4. The van der Waals surface area contributed by atoms with Crippen molar-refractivity contribution in [3.63, 3.8) is 0 Å². The highest BCUT2D eigenvalue weighted by molar-refractivity contribution is 4.76. The van der Waals surface area contributed by atoms with Gasteiger partial charge in [0.2, 0.25) is 0 Å². The smallest absolute Gasteiger partial charge is 0.0704 e. The number of rotatable bonds is 10. The summed E-state index contributed by atoms with van der Waals surface area (Å²) in [5.41, 5.74) is 0. The lowest BCUT2D eigenvalue weighted by Gasteiger charge is -2.04. The van der Waals surface area contributed by atoms with Gasteiger partial charge in [-0.25, -0.2) is 0 Å². The summed E-state index contributed by atoms with van der Waals surface area (Å²) in [4.78, 5) is 0. The molecule has 0 saturated carbocycles. The highest BCUT2D eigenvalue weighted by Crippen LogP contribution is 1.82. The van der Waals surface area contributed by atoms with Gasteiger partial charge in [-0.15, -0.1) is 0 Å². The summed E-state index contributed by atoms with van der Waals surface area (Å²) in [6, 6.07) is 0. The Bertz CT molecular complexity index is 146. The van der Waals surface area contributed by atoms with Gasteiger partial charge >= 0.3 is 0 Å². The summed E-state index contributed by atoms with van der Waals surface area (Å²) in [5, 5.41) is 0. The van der Waals surface area contributed by atoms with E-state index in [2.05, 4.69) is 0 Å². The van der Waals surface area contributed by atoms with Crippen molar-refractivity contribution in [1.29, 1.82) is 0 Å². The Morgan fingerprint density at radius 1 is 0.667 bits per heavy atom. The maximum atomic E-state index is 5.30. The van der Waals surface area contributed by atoms with Crippen LogP contribution in [0, 0.1) is 0 Å². The molecule has 0 heterocycles. The topological polar surface area (TPSA) is 27.7 Å². The molecule has 0 bridgehead atoms. The highest BCUT2D eigenvalue weighted by atomic mass is 16.5. The SMILES string of the molecule is CC=CCOCCOCCOCC=CC. The van der Waals surface area contributed by atoms with Crippen molar-refractivity contribution < 1.29 is 14.2 Å². The number of hydrogen-bond acceptors (Lipinski definition) is 3. The van der Waals surface area contributed by atoms with Gasteiger partial charge < -0.3 is 14.2 Å². The van der Waals surface area contributed by atoms with Gasteiger partial charge in [-0.3, -0.25) is 0 Å². The summed E-state index contributed by atoms with van der Waals surface area (Å²) in [7, 11) is 0. The zero-order valence-corrected chi connectivity index (χ0v) is 9.78. The van der Waals surface area contributed by atoms with Crippen LogP contribution in [0.25, 0.3) is 0 Å². The Balaban J connectivity index is 2.92. The van der Waals surface area contributed by atoms with Gasteiger partial charge in [0.25, 0.3) is 0 Å². The van der Waals surface area contributed by atoms with Crippen LogP contribution < -0.4 is 0 Å². The van der Waals surface area contributed by atoms with E-state index in [0.29, 0.717) is 39.6 Å². The van der Waals surface area contributed by atoms with Gasteiger partial charge in [0.1, 0.15) is 0 Å². The Hall–Kier alpha value is -0.640. The zero-order chi connectivity index (χ0) is 11.2. The lowest BCUT2D eigenvalue weighted by atomic mass is 10.5. The summed E-state index contributed by atoms with van der Waals surface area (Å²) < 4.78 is 15.8. The van der Waals surface area contributed by atoms with Crippen LogP contribution in [0.4, 0.5) is 0 Å². The Morgan fingerprint density at radius 3 is 1.47 bits per heavy atom. The predicted octanol–water partition coefficient (Wildman–Crippen LogP) is 2.19. The molecule has 0 radical (unpaired) electrons. The van der Waals surface area contributed by atoms with Crippen molar-refractivity contribution in [3.8, 4) is 0 Å². The van der Waals surface area contributed by atoms with Gasteiger partial charge in [0.15, 0.2) is 0 Å². The molecular formula is C12H22O3. The minimum absolute atomic E-state index is 0.629. The van der Waals surface area contributed by atoms with Crippen LogP contribution in [0.3, 0.4) is 0 Å². The minimum atomic E-state index is 0.629. The third-order valence-corrected chi connectivity index (χ3v) is 1.64. The number of ether oxygens (including phenoxy) is 3. The predicted molar refractivity (Wildman–Crippen MR) is 62.1 cm³/mol. The first-order valence-electron chi connectivity index (χ1n) is 5.37.